The molecule has 106 valence electrons. The summed E-state index contributed by atoms with van der Waals surface area (Å²) in [6.07, 6.45) is 8.11. The SMILES string of the molecule is c1ccc(OCCCn2ccc(CNC3CC3)c2)cc1. The van der Waals surface area contributed by atoms with E-state index in [1.54, 1.807) is 0 Å². The lowest BCUT2D eigenvalue weighted by Gasteiger charge is -2.06. The van der Waals surface area contributed by atoms with E-state index in [9.17, 15) is 0 Å². The number of hydrogen-bond acceptors (Lipinski definition) is 2. The highest BCUT2D eigenvalue weighted by molar-refractivity contribution is 5.20. The summed E-state index contributed by atoms with van der Waals surface area (Å²) >= 11 is 0. The molecule has 0 amide bonds. The first-order valence-electron chi connectivity index (χ1n) is 7.46. The van der Waals surface area contributed by atoms with E-state index in [1.165, 1.54) is 18.4 Å². The summed E-state index contributed by atoms with van der Waals surface area (Å²) in [5.74, 6) is 0.953. The van der Waals surface area contributed by atoms with Crippen molar-refractivity contribution in [3.63, 3.8) is 0 Å². The van der Waals surface area contributed by atoms with E-state index < -0.39 is 0 Å². The van der Waals surface area contributed by atoms with Gasteiger partial charge in [-0.05, 0) is 43.0 Å². The van der Waals surface area contributed by atoms with Crippen LogP contribution < -0.4 is 10.1 Å². The van der Waals surface area contributed by atoms with Crippen molar-refractivity contribution < 1.29 is 4.74 Å². The van der Waals surface area contributed by atoms with Crippen LogP contribution in [0, 0.1) is 0 Å². The highest BCUT2D eigenvalue weighted by Gasteiger charge is 2.19. The van der Waals surface area contributed by atoms with Gasteiger partial charge < -0.3 is 14.6 Å². The molecule has 3 heteroatoms. The van der Waals surface area contributed by atoms with Gasteiger partial charge in [-0.2, -0.15) is 0 Å². The van der Waals surface area contributed by atoms with Crippen LogP contribution in [0.3, 0.4) is 0 Å². The molecule has 1 aliphatic carbocycles. The van der Waals surface area contributed by atoms with E-state index in [4.69, 9.17) is 4.74 Å². The lowest BCUT2D eigenvalue weighted by molar-refractivity contribution is 0.302. The number of nitrogens with one attached hydrogen (secondary N) is 1. The summed E-state index contributed by atoms with van der Waals surface area (Å²) < 4.78 is 7.94. The van der Waals surface area contributed by atoms with Crippen molar-refractivity contribution in [2.45, 2.75) is 38.4 Å². The average molecular weight is 270 g/mol. The third-order valence-corrected chi connectivity index (χ3v) is 3.56. The molecular weight excluding hydrogens is 248 g/mol. The molecule has 1 aliphatic rings. The molecule has 0 radical (unpaired) electrons. The molecule has 3 nitrogen and oxygen atoms in total. The van der Waals surface area contributed by atoms with Crippen LogP contribution in [0.4, 0.5) is 0 Å². The average Bonchev–Trinajstić information content (AvgIpc) is 3.21. The zero-order valence-electron chi connectivity index (χ0n) is 11.8. The van der Waals surface area contributed by atoms with Crippen LogP contribution >= 0.6 is 0 Å². The highest BCUT2D eigenvalue weighted by Crippen LogP contribution is 2.19. The Morgan fingerprint density at radius 2 is 2.00 bits per heavy atom. The number of nitrogens with zero attached hydrogens (tertiary/aromatic N) is 1. The first-order valence-corrected chi connectivity index (χ1v) is 7.46. The molecule has 0 atom stereocenters. The Labute approximate surface area is 120 Å². The van der Waals surface area contributed by atoms with Crippen molar-refractivity contribution >= 4 is 0 Å². The number of ether oxygens (including phenoxy) is 1. The van der Waals surface area contributed by atoms with Gasteiger partial charge in [-0.3, -0.25) is 0 Å². The molecule has 1 N–H and O–H groups in total. The molecule has 1 aromatic heterocycles. The normalized spacial score (nSPS) is 14.4. The predicted octanol–water partition coefficient (Wildman–Crippen LogP) is 3.21. The summed E-state index contributed by atoms with van der Waals surface area (Å²) in [7, 11) is 0. The lowest BCUT2D eigenvalue weighted by atomic mass is 10.3. The van der Waals surface area contributed by atoms with Crippen molar-refractivity contribution in [1.29, 1.82) is 0 Å². The van der Waals surface area contributed by atoms with Gasteiger partial charge in [0.2, 0.25) is 0 Å². The summed E-state index contributed by atoms with van der Waals surface area (Å²) in [4.78, 5) is 0. The largest absolute Gasteiger partial charge is 0.494 e. The second-order valence-electron chi connectivity index (χ2n) is 5.43. The second kappa shape index (κ2) is 6.62. The molecule has 0 aliphatic heterocycles. The Bertz CT molecular complexity index is 517. The van der Waals surface area contributed by atoms with Crippen LogP contribution in [0.15, 0.2) is 48.8 Å². The third kappa shape index (κ3) is 4.14. The van der Waals surface area contributed by atoms with Gasteiger partial charge in [0, 0.05) is 31.5 Å². The Kier molecular flexibility index (Phi) is 4.38. The van der Waals surface area contributed by atoms with Crippen molar-refractivity contribution in [2.75, 3.05) is 6.61 Å². The van der Waals surface area contributed by atoms with Crippen LogP contribution in [-0.4, -0.2) is 17.2 Å². The first kappa shape index (κ1) is 13.3. The fraction of sp³-hybridized carbons (Fsp3) is 0.412. The van der Waals surface area contributed by atoms with E-state index >= 15 is 0 Å². The van der Waals surface area contributed by atoms with Crippen molar-refractivity contribution in [1.82, 2.24) is 9.88 Å². The molecule has 1 heterocycles. The minimum absolute atomic E-state index is 0.762. The van der Waals surface area contributed by atoms with Gasteiger partial charge >= 0.3 is 0 Å². The molecule has 0 bridgehead atoms. The fourth-order valence-electron chi connectivity index (χ4n) is 2.24. The molecule has 20 heavy (non-hydrogen) atoms. The standard InChI is InChI=1S/C17H22N2O/c1-2-5-17(6-3-1)20-12-4-10-19-11-9-15(14-19)13-18-16-7-8-16/h1-3,5-6,9,11,14,16,18H,4,7-8,10,12-13H2. The molecule has 0 unspecified atom stereocenters. The zero-order valence-corrected chi connectivity index (χ0v) is 11.8. The Morgan fingerprint density at radius 1 is 1.15 bits per heavy atom. The van der Waals surface area contributed by atoms with Crippen molar-refractivity contribution in [3.8, 4) is 5.75 Å². The monoisotopic (exact) mass is 270 g/mol. The smallest absolute Gasteiger partial charge is 0.119 e. The van der Waals surface area contributed by atoms with Gasteiger partial charge in [0.15, 0.2) is 0 Å². The number of rotatable bonds is 8. The maximum absolute atomic E-state index is 5.70. The molecule has 1 saturated carbocycles. The van der Waals surface area contributed by atoms with Crippen molar-refractivity contribution in [2.24, 2.45) is 0 Å². The third-order valence-electron chi connectivity index (χ3n) is 3.56. The van der Waals surface area contributed by atoms with Gasteiger partial charge in [0.25, 0.3) is 0 Å². The van der Waals surface area contributed by atoms with Crippen LogP contribution in [0.1, 0.15) is 24.8 Å². The highest BCUT2D eigenvalue weighted by atomic mass is 16.5. The Hall–Kier alpha value is -1.74. The summed E-state index contributed by atoms with van der Waals surface area (Å²) in [5.41, 5.74) is 1.38. The van der Waals surface area contributed by atoms with Crippen LogP contribution in [0.2, 0.25) is 0 Å². The molecule has 1 aromatic carbocycles. The van der Waals surface area contributed by atoms with Gasteiger partial charge in [-0.15, -0.1) is 0 Å². The number of para-hydroxylation sites is 1. The fourth-order valence-corrected chi connectivity index (χ4v) is 2.24. The maximum Gasteiger partial charge on any atom is 0.119 e. The van der Waals surface area contributed by atoms with E-state index in [-0.39, 0.29) is 0 Å². The summed E-state index contributed by atoms with van der Waals surface area (Å²) in [6.45, 7) is 2.77. The number of benzene rings is 1. The van der Waals surface area contributed by atoms with Gasteiger partial charge in [0.05, 0.1) is 6.61 Å². The first-order chi connectivity index (χ1) is 9.90. The molecule has 1 fully saturated rings. The van der Waals surface area contributed by atoms with Gasteiger partial charge in [0.1, 0.15) is 5.75 Å². The second-order valence-corrected chi connectivity index (χ2v) is 5.43. The summed E-state index contributed by atoms with van der Waals surface area (Å²) in [5, 5.41) is 3.54. The predicted molar refractivity (Wildman–Crippen MR) is 80.8 cm³/mol. The summed E-state index contributed by atoms with van der Waals surface area (Å²) in [6, 6.07) is 13.0. The van der Waals surface area contributed by atoms with Crippen LogP contribution in [0.25, 0.3) is 0 Å². The van der Waals surface area contributed by atoms with Gasteiger partial charge in [-0.1, -0.05) is 18.2 Å². The van der Waals surface area contributed by atoms with E-state index in [0.717, 1.165) is 37.9 Å². The van der Waals surface area contributed by atoms with Gasteiger partial charge in [-0.25, -0.2) is 0 Å². The van der Waals surface area contributed by atoms with E-state index in [1.807, 2.05) is 30.3 Å². The minimum atomic E-state index is 0.762. The molecule has 0 saturated heterocycles. The number of hydrogen-bond donors (Lipinski definition) is 1. The zero-order chi connectivity index (χ0) is 13.6. The molecular formula is C17H22N2O. The topological polar surface area (TPSA) is 26.2 Å². The molecule has 0 spiro atoms. The number of aryl methyl sites for hydroxylation is 1. The molecule has 2 aromatic rings. The Balaban J connectivity index is 1.35. The minimum Gasteiger partial charge on any atom is -0.494 e. The Morgan fingerprint density at radius 3 is 2.80 bits per heavy atom. The maximum atomic E-state index is 5.70. The quantitative estimate of drug-likeness (QED) is 0.745. The number of aromatic nitrogens is 1. The van der Waals surface area contributed by atoms with Crippen LogP contribution in [0.5, 0.6) is 5.75 Å². The molecule has 3 rings (SSSR count). The van der Waals surface area contributed by atoms with Crippen molar-refractivity contribution in [3.05, 3.63) is 54.4 Å². The lowest BCUT2D eigenvalue weighted by Crippen LogP contribution is -2.14. The van der Waals surface area contributed by atoms with E-state index in [2.05, 4.69) is 28.3 Å². The van der Waals surface area contributed by atoms with E-state index in [0.29, 0.717) is 0 Å². The van der Waals surface area contributed by atoms with Crippen LogP contribution in [-0.2, 0) is 13.1 Å².